The van der Waals surface area contributed by atoms with E-state index >= 15 is 0 Å². The van der Waals surface area contributed by atoms with E-state index in [4.69, 9.17) is 11.6 Å². The average molecular weight is 294 g/mol. The molecule has 0 spiro atoms. The summed E-state index contributed by atoms with van der Waals surface area (Å²) >= 11 is 5.97. The summed E-state index contributed by atoms with van der Waals surface area (Å²) in [5.74, 6) is -0.346. The van der Waals surface area contributed by atoms with Crippen molar-refractivity contribution in [2.45, 2.75) is 19.0 Å². The highest BCUT2D eigenvalue weighted by Gasteiger charge is 2.09. The second-order valence-corrected chi connectivity index (χ2v) is 5.09. The summed E-state index contributed by atoms with van der Waals surface area (Å²) < 4.78 is 13.0. The third-order valence-electron chi connectivity index (χ3n) is 3.14. The first-order valence-corrected chi connectivity index (χ1v) is 6.89. The highest BCUT2D eigenvalue weighted by atomic mass is 35.5. The van der Waals surface area contributed by atoms with Crippen molar-refractivity contribution < 1.29 is 9.50 Å². The van der Waals surface area contributed by atoms with Crippen LogP contribution in [0.5, 0.6) is 0 Å². The van der Waals surface area contributed by atoms with Crippen LogP contribution in [0, 0.1) is 5.82 Å². The molecule has 2 N–H and O–H groups in total. The largest absolute Gasteiger partial charge is 0.395 e. The molecule has 0 aliphatic carbocycles. The third-order valence-corrected chi connectivity index (χ3v) is 3.49. The van der Waals surface area contributed by atoms with Crippen molar-refractivity contribution in [2.75, 3.05) is 6.61 Å². The van der Waals surface area contributed by atoms with Gasteiger partial charge in [-0.05, 0) is 29.7 Å². The predicted molar refractivity (Wildman–Crippen MR) is 79.3 cm³/mol. The number of hydrogen-bond acceptors (Lipinski definition) is 2. The van der Waals surface area contributed by atoms with Gasteiger partial charge in [0, 0.05) is 17.6 Å². The van der Waals surface area contributed by atoms with Gasteiger partial charge in [0.05, 0.1) is 6.61 Å². The molecule has 2 rings (SSSR count). The van der Waals surface area contributed by atoms with E-state index in [1.54, 1.807) is 6.07 Å². The molecule has 0 saturated heterocycles. The van der Waals surface area contributed by atoms with Gasteiger partial charge >= 0.3 is 0 Å². The lowest BCUT2D eigenvalue weighted by Crippen LogP contribution is -2.34. The minimum absolute atomic E-state index is 0.0354. The summed E-state index contributed by atoms with van der Waals surface area (Å²) in [7, 11) is 0. The molecule has 0 aliphatic heterocycles. The number of aliphatic hydroxyl groups excluding tert-OH is 1. The molecule has 2 nitrogen and oxygen atoms in total. The highest BCUT2D eigenvalue weighted by molar-refractivity contribution is 6.31. The van der Waals surface area contributed by atoms with Crippen LogP contribution in [0.3, 0.4) is 0 Å². The van der Waals surface area contributed by atoms with Crippen molar-refractivity contribution in [1.82, 2.24) is 5.32 Å². The number of benzene rings is 2. The van der Waals surface area contributed by atoms with E-state index < -0.39 is 0 Å². The van der Waals surface area contributed by atoms with Gasteiger partial charge in [-0.2, -0.15) is 0 Å². The summed E-state index contributed by atoms with van der Waals surface area (Å²) in [4.78, 5) is 0. The topological polar surface area (TPSA) is 32.3 Å². The van der Waals surface area contributed by atoms with Gasteiger partial charge in [0.25, 0.3) is 0 Å². The van der Waals surface area contributed by atoms with Crippen molar-refractivity contribution in [3.8, 4) is 0 Å². The summed E-state index contributed by atoms with van der Waals surface area (Å²) in [5.41, 5.74) is 1.98. The maximum Gasteiger partial charge on any atom is 0.124 e. The summed E-state index contributed by atoms with van der Waals surface area (Å²) in [6.07, 6.45) is 0.732. The van der Waals surface area contributed by atoms with Gasteiger partial charge in [-0.3, -0.25) is 0 Å². The molecule has 0 heterocycles. The summed E-state index contributed by atoms with van der Waals surface area (Å²) in [5, 5.41) is 13.1. The monoisotopic (exact) mass is 293 g/mol. The Balaban J connectivity index is 1.93. The van der Waals surface area contributed by atoms with Crippen LogP contribution in [0.2, 0.25) is 5.02 Å². The normalized spacial score (nSPS) is 12.3. The van der Waals surface area contributed by atoms with Crippen LogP contribution >= 0.6 is 11.6 Å². The van der Waals surface area contributed by atoms with Gasteiger partial charge in [0.1, 0.15) is 5.82 Å². The smallest absolute Gasteiger partial charge is 0.124 e. The number of halogens is 2. The lowest BCUT2D eigenvalue weighted by Gasteiger charge is -2.17. The molecule has 2 aromatic rings. The van der Waals surface area contributed by atoms with Crippen LogP contribution in [0.4, 0.5) is 4.39 Å². The number of rotatable bonds is 6. The van der Waals surface area contributed by atoms with Gasteiger partial charge in [-0.25, -0.2) is 4.39 Å². The zero-order chi connectivity index (χ0) is 14.4. The van der Waals surface area contributed by atoms with Crippen molar-refractivity contribution in [3.63, 3.8) is 0 Å². The average Bonchev–Trinajstić information content (AvgIpc) is 2.46. The summed E-state index contributed by atoms with van der Waals surface area (Å²) in [6.45, 7) is 0.533. The van der Waals surface area contributed by atoms with E-state index in [0.717, 1.165) is 17.5 Å². The Morgan fingerprint density at radius 2 is 1.90 bits per heavy atom. The minimum Gasteiger partial charge on any atom is -0.395 e. The first kappa shape index (κ1) is 15.0. The Bertz CT molecular complexity index is 547. The molecule has 0 radical (unpaired) electrons. The van der Waals surface area contributed by atoms with Crippen LogP contribution < -0.4 is 5.32 Å². The fourth-order valence-electron chi connectivity index (χ4n) is 2.02. The minimum atomic E-state index is -0.346. The molecular weight excluding hydrogens is 277 g/mol. The van der Waals surface area contributed by atoms with Crippen LogP contribution in [-0.2, 0) is 13.0 Å². The Kier molecular flexibility index (Phi) is 5.53. The molecule has 4 heteroatoms. The van der Waals surface area contributed by atoms with Gasteiger partial charge in [0.2, 0.25) is 0 Å². The Labute approximate surface area is 123 Å². The van der Waals surface area contributed by atoms with Crippen molar-refractivity contribution in [3.05, 3.63) is 70.5 Å². The summed E-state index contributed by atoms with van der Waals surface area (Å²) in [6, 6.07) is 14.2. The van der Waals surface area contributed by atoms with Crippen LogP contribution in [0.25, 0.3) is 0 Å². The van der Waals surface area contributed by atoms with E-state index in [0.29, 0.717) is 11.6 Å². The fourth-order valence-corrected chi connectivity index (χ4v) is 2.25. The lowest BCUT2D eigenvalue weighted by molar-refractivity contribution is 0.241. The molecule has 106 valence electrons. The Morgan fingerprint density at radius 1 is 1.15 bits per heavy atom. The second kappa shape index (κ2) is 7.39. The molecule has 0 bridgehead atoms. The molecule has 0 aromatic heterocycles. The maximum absolute atomic E-state index is 13.0. The number of hydrogen-bond donors (Lipinski definition) is 2. The standard InChI is InChI=1S/C16H17ClFNO/c17-16-9-14(18)7-6-13(16)10-19-15(11-20)8-12-4-2-1-3-5-12/h1-7,9,15,19-20H,8,10-11H2/t15-/m0/s1. The zero-order valence-electron chi connectivity index (χ0n) is 11.0. The van der Waals surface area contributed by atoms with Gasteiger partial charge in [-0.1, -0.05) is 48.0 Å². The zero-order valence-corrected chi connectivity index (χ0v) is 11.8. The molecule has 0 unspecified atom stereocenters. The first-order valence-electron chi connectivity index (χ1n) is 6.51. The van der Waals surface area contributed by atoms with E-state index in [2.05, 4.69) is 5.32 Å². The molecular formula is C16H17ClFNO. The molecule has 2 aromatic carbocycles. The lowest BCUT2D eigenvalue weighted by atomic mass is 10.1. The molecule has 0 saturated carbocycles. The van der Waals surface area contributed by atoms with Gasteiger partial charge in [-0.15, -0.1) is 0 Å². The number of aliphatic hydroxyl groups is 1. The van der Waals surface area contributed by atoms with Crippen LogP contribution in [-0.4, -0.2) is 17.8 Å². The molecule has 1 atom stereocenters. The SMILES string of the molecule is OC[C@H](Cc1ccccc1)NCc1ccc(F)cc1Cl. The van der Waals surface area contributed by atoms with Crippen molar-refractivity contribution >= 4 is 11.6 Å². The Hall–Kier alpha value is -1.42. The van der Waals surface area contributed by atoms with E-state index in [9.17, 15) is 9.50 Å². The molecule has 0 amide bonds. The second-order valence-electron chi connectivity index (χ2n) is 4.69. The highest BCUT2D eigenvalue weighted by Crippen LogP contribution is 2.17. The quantitative estimate of drug-likeness (QED) is 0.857. The van der Waals surface area contributed by atoms with E-state index in [-0.39, 0.29) is 18.5 Å². The van der Waals surface area contributed by atoms with Crippen LogP contribution in [0.1, 0.15) is 11.1 Å². The van der Waals surface area contributed by atoms with Crippen molar-refractivity contribution in [2.24, 2.45) is 0 Å². The first-order chi connectivity index (χ1) is 9.69. The number of nitrogens with one attached hydrogen (secondary N) is 1. The predicted octanol–water partition coefficient (Wildman–Crippen LogP) is 3.17. The maximum atomic E-state index is 13.0. The van der Waals surface area contributed by atoms with Gasteiger partial charge < -0.3 is 10.4 Å². The van der Waals surface area contributed by atoms with E-state index in [1.807, 2.05) is 30.3 Å². The molecule has 0 fully saturated rings. The third kappa shape index (κ3) is 4.30. The fraction of sp³-hybridized carbons (Fsp3) is 0.250. The molecule has 20 heavy (non-hydrogen) atoms. The Morgan fingerprint density at radius 3 is 2.55 bits per heavy atom. The van der Waals surface area contributed by atoms with E-state index in [1.165, 1.54) is 12.1 Å². The van der Waals surface area contributed by atoms with Crippen LogP contribution in [0.15, 0.2) is 48.5 Å². The molecule has 0 aliphatic rings. The van der Waals surface area contributed by atoms with Crippen molar-refractivity contribution in [1.29, 1.82) is 0 Å². The van der Waals surface area contributed by atoms with Gasteiger partial charge in [0.15, 0.2) is 0 Å².